The fraction of sp³-hybridized carbons (Fsp3) is 0.348. The number of benzene rings is 1. The van der Waals surface area contributed by atoms with Crippen molar-refractivity contribution in [2.75, 3.05) is 25.0 Å². The van der Waals surface area contributed by atoms with E-state index in [4.69, 9.17) is 4.42 Å². The number of amides is 2. The molecule has 0 spiro atoms. The molecule has 0 unspecified atom stereocenters. The Morgan fingerprint density at radius 2 is 2.06 bits per heavy atom. The molecule has 1 fully saturated rings. The molecule has 31 heavy (non-hydrogen) atoms. The molecule has 2 aromatic heterocycles. The van der Waals surface area contributed by atoms with Gasteiger partial charge in [-0.05, 0) is 55.3 Å². The first kappa shape index (κ1) is 21.3. The number of nitrogens with zero attached hydrogens (tertiary/aromatic N) is 2. The van der Waals surface area contributed by atoms with Crippen LogP contribution in [0.1, 0.15) is 34.7 Å². The summed E-state index contributed by atoms with van der Waals surface area (Å²) in [5, 5.41) is 14.1. The van der Waals surface area contributed by atoms with Gasteiger partial charge in [0, 0.05) is 30.9 Å². The van der Waals surface area contributed by atoms with E-state index in [1.54, 1.807) is 36.1 Å². The van der Waals surface area contributed by atoms with Crippen LogP contribution >= 0.6 is 11.3 Å². The fourth-order valence-electron chi connectivity index (χ4n) is 3.69. The Morgan fingerprint density at radius 3 is 2.77 bits per heavy atom. The zero-order valence-electron chi connectivity index (χ0n) is 17.3. The third-order valence-corrected chi connectivity index (χ3v) is 6.36. The van der Waals surface area contributed by atoms with Gasteiger partial charge < -0.3 is 19.7 Å². The van der Waals surface area contributed by atoms with E-state index >= 15 is 0 Å². The predicted octanol–water partition coefficient (Wildman–Crippen LogP) is 3.74. The molecule has 0 aliphatic carbocycles. The van der Waals surface area contributed by atoms with Gasteiger partial charge in [-0.1, -0.05) is 12.1 Å². The highest BCUT2D eigenvalue weighted by atomic mass is 32.1. The third-order valence-electron chi connectivity index (χ3n) is 5.51. The second-order valence-corrected chi connectivity index (χ2v) is 8.67. The maximum Gasteiger partial charge on any atom is 0.253 e. The molecule has 1 aromatic carbocycles. The Morgan fingerprint density at radius 1 is 1.26 bits per heavy atom. The minimum Gasteiger partial charge on any atom is -0.440 e. The lowest BCUT2D eigenvalue weighted by Crippen LogP contribution is -2.39. The maximum absolute atomic E-state index is 12.8. The molecule has 8 heteroatoms. The number of aromatic nitrogens is 1. The smallest absolute Gasteiger partial charge is 0.253 e. The van der Waals surface area contributed by atoms with Crippen molar-refractivity contribution in [2.24, 2.45) is 5.92 Å². The van der Waals surface area contributed by atoms with Gasteiger partial charge in [0.05, 0.1) is 17.0 Å². The molecule has 7 nitrogen and oxygen atoms in total. The van der Waals surface area contributed by atoms with Gasteiger partial charge in [-0.2, -0.15) is 0 Å². The number of carbonyl (C=O) groups excluding carboxylic acids is 2. The molecule has 2 amide bonds. The number of aryl methyl sites for hydroxylation is 1. The van der Waals surface area contributed by atoms with Gasteiger partial charge >= 0.3 is 0 Å². The summed E-state index contributed by atoms with van der Waals surface area (Å²) >= 11 is 1.53. The highest BCUT2D eigenvalue weighted by Crippen LogP contribution is 2.26. The van der Waals surface area contributed by atoms with Crippen LogP contribution in [0.15, 0.2) is 46.2 Å². The van der Waals surface area contributed by atoms with Crippen LogP contribution in [0.25, 0.3) is 10.8 Å². The molecular weight excluding hydrogens is 414 g/mol. The second kappa shape index (κ2) is 9.45. The van der Waals surface area contributed by atoms with Crippen molar-refractivity contribution in [2.45, 2.75) is 26.2 Å². The van der Waals surface area contributed by atoms with Gasteiger partial charge in [-0.15, -0.1) is 11.3 Å². The zero-order chi connectivity index (χ0) is 21.8. The first-order valence-corrected chi connectivity index (χ1v) is 11.2. The molecule has 0 bridgehead atoms. The average molecular weight is 440 g/mol. The maximum atomic E-state index is 12.8. The van der Waals surface area contributed by atoms with Crippen molar-refractivity contribution in [3.63, 3.8) is 0 Å². The Bertz CT molecular complexity index is 1050. The Hall–Kier alpha value is -2.97. The monoisotopic (exact) mass is 439 g/mol. The number of aliphatic hydroxyl groups excluding tert-OH is 1. The van der Waals surface area contributed by atoms with Gasteiger partial charge in [0.25, 0.3) is 5.91 Å². The molecule has 1 aliphatic rings. The van der Waals surface area contributed by atoms with Crippen LogP contribution in [0.5, 0.6) is 0 Å². The Balaban J connectivity index is 1.39. The van der Waals surface area contributed by atoms with E-state index in [0.29, 0.717) is 41.7 Å². The molecule has 0 radical (unpaired) electrons. The normalized spacial score (nSPS) is 14.6. The lowest BCUT2D eigenvalue weighted by Gasteiger charge is -2.31. The molecule has 1 saturated heterocycles. The number of oxazole rings is 1. The molecule has 0 saturated carbocycles. The SMILES string of the molecule is Cc1oc(-c2cccs2)nc1CC(=O)Nc1cccc(C(=O)N2CCC(CO)CC2)c1. The summed E-state index contributed by atoms with van der Waals surface area (Å²) in [4.78, 5) is 32.6. The van der Waals surface area contributed by atoms with Gasteiger partial charge in [-0.25, -0.2) is 4.98 Å². The molecular formula is C23H25N3O4S. The molecule has 162 valence electrons. The number of thiophene rings is 1. The fourth-order valence-corrected chi connectivity index (χ4v) is 4.34. The first-order chi connectivity index (χ1) is 15.0. The molecule has 1 aliphatic heterocycles. The zero-order valence-corrected chi connectivity index (χ0v) is 18.2. The summed E-state index contributed by atoms with van der Waals surface area (Å²) < 4.78 is 5.70. The third kappa shape index (κ3) is 5.03. The minimum absolute atomic E-state index is 0.0552. The van der Waals surface area contributed by atoms with Crippen molar-refractivity contribution < 1.29 is 19.1 Å². The number of aliphatic hydroxyl groups is 1. The van der Waals surface area contributed by atoms with Gasteiger partial charge in [0.2, 0.25) is 11.8 Å². The van der Waals surface area contributed by atoms with Crippen molar-refractivity contribution >= 4 is 28.8 Å². The highest BCUT2D eigenvalue weighted by Gasteiger charge is 2.23. The summed E-state index contributed by atoms with van der Waals surface area (Å²) in [5.41, 5.74) is 1.71. The summed E-state index contributed by atoms with van der Waals surface area (Å²) in [7, 11) is 0. The van der Waals surface area contributed by atoms with Gasteiger partial charge in [0.15, 0.2) is 0 Å². The van der Waals surface area contributed by atoms with Crippen molar-refractivity contribution in [1.82, 2.24) is 9.88 Å². The van der Waals surface area contributed by atoms with E-state index in [0.717, 1.165) is 17.7 Å². The number of nitrogens with one attached hydrogen (secondary N) is 1. The summed E-state index contributed by atoms with van der Waals surface area (Å²) in [6, 6.07) is 10.8. The minimum atomic E-state index is -0.220. The quantitative estimate of drug-likeness (QED) is 0.610. The first-order valence-electron chi connectivity index (χ1n) is 10.3. The number of piperidine rings is 1. The molecule has 0 atom stereocenters. The lowest BCUT2D eigenvalue weighted by atomic mass is 9.97. The van der Waals surface area contributed by atoms with Gasteiger partial charge in [0.1, 0.15) is 5.76 Å². The van der Waals surface area contributed by atoms with E-state index in [2.05, 4.69) is 10.3 Å². The van der Waals surface area contributed by atoms with E-state index < -0.39 is 0 Å². The number of likely N-dealkylation sites (tertiary alicyclic amines) is 1. The Labute approximate surface area is 184 Å². The standard InChI is InChI=1S/C23H25N3O4S/c1-15-19(25-22(30-15)20-6-3-11-31-20)13-21(28)24-18-5-2-4-17(12-18)23(29)26-9-7-16(14-27)8-10-26/h2-6,11-12,16,27H,7-10,13-14H2,1H3,(H,24,28). The average Bonchev–Trinajstić information content (AvgIpc) is 3.44. The summed E-state index contributed by atoms with van der Waals surface area (Å²) in [6.45, 7) is 3.24. The van der Waals surface area contributed by atoms with Crippen molar-refractivity contribution in [1.29, 1.82) is 0 Å². The predicted molar refractivity (Wildman–Crippen MR) is 119 cm³/mol. The van der Waals surface area contributed by atoms with Crippen LogP contribution in [-0.4, -0.2) is 46.5 Å². The topological polar surface area (TPSA) is 95.7 Å². The molecule has 3 aromatic rings. The molecule has 4 rings (SSSR count). The van der Waals surface area contributed by atoms with Crippen LogP contribution in [0.2, 0.25) is 0 Å². The number of hydrogen-bond donors (Lipinski definition) is 2. The van der Waals surface area contributed by atoms with E-state index in [-0.39, 0.29) is 30.8 Å². The number of hydrogen-bond acceptors (Lipinski definition) is 6. The second-order valence-electron chi connectivity index (χ2n) is 7.72. The number of carbonyl (C=O) groups is 2. The van der Waals surface area contributed by atoms with Crippen LogP contribution in [0.4, 0.5) is 5.69 Å². The highest BCUT2D eigenvalue weighted by molar-refractivity contribution is 7.13. The van der Waals surface area contributed by atoms with Crippen LogP contribution in [-0.2, 0) is 11.2 Å². The van der Waals surface area contributed by atoms with Crippen LogP contribution < -0.4 is 5.32 Å². The van der Waals surface area contributed by atoms with Crippen molar-refractivity contribution in [3.8, 4) is 10.8 Å². The lowest BCUT2D eigenvalue weighted by molar-refractivity contribution is -0.115. The van der Waals surface area contributed by atoms with Crippen LogP contribution in [0.3, 0.4) is 0 Å². The largest absolute Gasteiger partial charge is 0.440 e. The molecule has 3 heterocycles. The van der Waals surface area contributed by atoms with E-state index in [9.17, 15) is 14.7 Å². The van der Waals surface area contributed by atoms with E-state index in [1.165, 1.54) is 11.3 Å². The molecule has 2 N–H and O–H groups in total. The van der Waals surface area contributed by atoms with E-state index in [1.807, 2.05) is 17.5 Å². The summed E-state index contributed by atoms with van der Waals surface area (Å²) in [5.74, 6) is 1.14. The van der Waals surface area contributed by atoms with Crippen LogP contribution in [0, 0.1) is 12.8 Å². The summed E-state index contributed by atoms with van der Waals surface area (Å²) in [6.07, 6.45) is 1.71. The van der Waals surface area contributed by atoms with Crippen molar-refractivity contribution in [3.05, 3.63) is 58.8 Å². The Kier molecular flexibility index (Phi) is 6.48. The number of rotatable bonds is 6. The number of anilines is 1. The van der Waals surface area contributed by atoms with Gasteiger partial charge in [-0.3, -0.25) is 9.59 Å².